The molecule has 3 nitrogen and oxygen atoms in total. The van der Waals surface area contributed by atoms with Crippen LogP contribution in [0, 0.1) is 6.92 Å². The predicted octanol–water partition coefficient (Wildman–Crippen LogP) is 12.6. The van der Waals surface area contributed by atoms with E-state index in [1.807, 2.05) is 12.1 Å². The minimum absolute atomic E-state index is 0.0212. The summed E-state index contributed by atoms with van der Waals surface area (Å²) in [6, 6.07) is 47.6. The Labute approximate surface area is 342 Å². The summed E-state index contributed by atoms with van der Waals surface area (Å²) in [6.07, 6.45) is 1.57. The van der Waals surface area contributed by atoms with E-state index in [9.17, 15) is 15.3 Å². The van der Waals surface area contributed by atoms with Crippen LogP contribution in [-0.4, -0.2) is 15.3 Å². The summed E-state index contributed by atoms with van der Waals surface area (Å²) in [6.45, 7) is 13.5. The average Bonchev–Trinajstić information content (AvgIpc) is 3.72. The van der Waals surface area contributed by atoms with Crippen molar-refractivity contribution in [3.8, 4) is 61.4 Å². The zero-order chi connectivity index (χ0) is 40.3. The fraction of sp³-hybridized carbons (Fsp3) is 0.236. The van der Waals surface area contributed by atoms with Crippen LogP contribution in [0.3, 0.4) is 0 Å². The molecule has 0 heterocycles. The van der Waals surface area contributed by atoms with Gasteiger partial charge in [0, 0.05) is 27.4 Å². The van der Waals surface area contributed by atoms with Gasteiger partial charge in [0.05, 0.1) is 13.2 Å². The van der Waals surface area contributed by atoms with Crippen LogP contribution in [0.2, 0.25) is 0 Å². The molecule has 7 aromatic rings. The summed E-state index contributed by atoms with van der Waals surface area (Å²) >= 11 is 0. The standard InChI is InChI=1S/C55H50O3/c1-32-11-16-41-42-17-12-34(26-48(42)53(2,3)47(41)23-32)35-13-18-43-44-19-14-36(28-50(44)54(4,5)49(43)27-35)37-15-20-45-40-9-7-8-10-46(40)55(6,51(45)29-37)22-21-33-24-38(30-56)52(58)39(25-33)31-57/h7-20,23-29,56-58H,21-22,30-31H2,1-6H3. The predicted molar refractivity (Wildman–Crippen MR) is 237 cm³/mol. The molecule has 58 heavy (non-hydrogen) atoms. The maximum absolute atomic E-state index is 10.5. The first-order valence-corrected chi connectivity index (χ1v) is 20.7. The van der Waals surface area contributed by atoms with Crippen LogP contribution in [0.15, 0.2) is 127 Å². The maximum atomic E-state index is 10.5. The third-order valence-corrected chi connectivity index (χ3v) is 14.2. The zero-order valence-corrected chi connectivity index (χ0v) is 34.3. The molecule has 288 valence electrons. The van der Waals surface area contributed by atoms with Gasteiger partial charge in [0.2, 0.25) is 0 Å². The van der Waals surface area contributed by atoms with E-state index >= 15 is 0 Å². The van der Waals surface area contributed by atoms with Crippen LogP contribution in [0.4, 0.5) is 0 Å². The van der Waals surface area contributed by atoms with Gasteiger partial charge in [-0.1, -0.05) is 131 Å². The number of aliphatic hydroxyl groups excluding tert-OH is 2. The maximum Gasteiger partial charge on any atom is 0.126 e. The molecular weight excluding hydrogens is 709 g/mol. The van der Waals surface area contributed by atoms with Gasteiger partial charge in [-0.2, -0.15) is 0 Å². The molecule has 0 aromatic heterocycles. The minimum Gasteiger partial charge on any atom is -0.507 e. The van der Waals surface area contributed by atoms with Crippen molar-refractivity contribution in [1.29, 1.82) is 0 Å². The molecule has 3 aliphatic carbocycles. The Morgan fingerprint density at radius 3 is 1.31 bits per heavy atom. The first-order chi connectivity index (χ1) is 27.8. The van der Waals surface area contributed by atoms with Crippen LogP contribution in [0.5, 0.6) is 5.75 Å². The highest BCUT2D eigenvalue weighted by Gasteiger charge is 2.40. The van der Waals surface area contributed by atoms with Crippen molar-refractivity contribution in [2.75, 3.05) is 0 Å². The van der Waals surface area contributed by atoms with Gasteiger partial charge in [0.1, 0.15) is 5.75 Å². The van der Waals surface area contributed by atoms with Crippen molar-refractivity contribution in [3.63, 3.8) is 0 Å². The number of aromatic hydroxyl groups is 1. The summed E-state index contributed by atoms with van der Waals surface area (Å²) in [5, 5.41) is 30.4. The molecule has 0 radical (unpaired) electrons. The van der Waals surface area contributed by atoms with Crippen molar-refractivity contribution in [2.24, 2.45) is 0 Å². The normalized spacial score (nSPS) is 17.3. The third-order valence-electron chi connectivity index (χ3n) is 14.2. The van der Waals surface area contributed by atoms with E-state index in [0.29, 0.717) is 11.1 Å². The second-order valence-electron chi connectivity index (χ2n) is 18.3. The van der Waals surface area contributed by atoms with Crippen molar-refractivity contribution in [3.05, 3.63) is 183 Å². The van der Waals surface area contributed by atoms with Crippen molar-refractivity contribution >= 4 is 0 Å². The molecule has 0 aliphatic heterocycles. The van der Waals surface area contributed by atoms with Gasteiger partial charge in [-0.25, -0.2) is 0 Å². The summed E-state index contributed by atoms with van der Waals surface area (Å²) in [5.41, 5.74) is 23.8. The molecule has 0 spiro atoms. The number of aliphatic hydroxyl groups is 2. The van der Waals surface area contributed by atoms with Crippen LogP contribution in [-0.2, 0) is 35.9 Å². The molecule has 1 atom stereocenters. The molecule has 7 aromatic carbocycles. The van der Waals surface area contributed by atoms with Crippen LogP contribution in [0.1, 0.15) is 96.7 Å². The number of hydrogen-bond acceptors (Lipinski definition) is 3. The molecule has 0 saturated carbocycles. The van der Waals surface area contributed by atoms with E-state index in [1.165, 1.54) is 94.6 Å². The van der Waals surface area contributed by atoms with Gasteiger partial charge in [-0.3, -0.25) is 0 Å². The third kappa shape index (κ3) is 5.26. The van der Waals surface area contributed by atoms with Crippen LogP contribution in [0.25, 0.3) is 55.6 Å². The molecule has 3 aliphatic rings. The number of fused-ring (bicyclic) bond motifs is 9. The molecule has 10 rings (SSSR count). The fourth-order valence-electron chi connectivity index (χ4n) is 10.8. The Kier molecular flexibility index (Phi) is 8.13. The van der Waals surface area contributed by atoms with E-state index in [4.69, 9.17) is 0 Å². The lowest BCUT2D eigenvalue weighted by molar-refractivity contribution is 0.263. The number of aryl methyl sites for hydroxylation is 2. The molecule has 3 N–H and O–H groups in total. The van der Waals surface area contributed by atoms with E-state index in [0.717, 1.165) is 18.4 Å². The fourth-order valence-corrected chi connectivity index (χ4v) is 10.8. The molecule has 0 bridgehead atoms. The van der Waals surface area contributed by atoms with Crippen LogP contribution >= 0.6 is 0 Å². The Hall–Kier alpha value is -5.74. The highest BCUT2D eigenvalue weighted by molar-refractivity contribution is 5.89. The molecular formula is C55H50O3. The van der Waals surface area contributed by atoms with Crippen molar-refractivity contribution in [2.45, 2.75) is 83.8 Å². The van der Waals surface area contributed by atoms with Gasteiger partial charge in [-0.05, 0) is 151 Å². The summed E-state index contributed by atoms with van der Waals surface area (Å²) in [5.74, 6) is -0.0212. The zero-order valence-electron chi connectivity index (χ0n) is 34.3. The topological polar surface area (TPSA) is 60.7 Å². The molecule has 0 fully saturated rings. The minimum atomic E-state index is -0.272. The molecule has 0 saturated heterocycles. The highest BCUT2D eigenvalue weighted by atomic mass is 16.3. The smallest absolute Gasteiger partial charge is 0.126 e. The quantitative estimate of drug-likeness (QED) is 0.152. The summed E-state index contributed by atoms with van der Waals surface area (Å²) in [7, 11) is 0. The van der Waals surface area contributed by atoms with Gasteiger partial charge in [-0.15, -0.1) is 0 Å². The number of rotatable bonds is 7. The molecule has 3 heteroatoms. The van der Waals surface area contributed by atoms with E-state index in [2.05, 4.69) is 157 Å². The van der Waals surface area contributed by atoms with Gasteiger partial charge in [0.25, 0.3) is 0 Å². The van der Waals surface area contributed by atoms with Crippen molar-refractivity contribution in [1.82, 2.24) is 0 Å². The Morgan fingerprint density at radius 1 is 0.431 bits per heavy atom. The second kappa shape index (κ2) is 12.9. The Balaban J connectivity index is 0.987. The van der Waals surface area contributed by atoms with Gasteiger partial charge in [0.15, 0.2) is 0 Å². The molecule has 0 amide bonds. The lowest BCUT2D eigenvalue weighted by Gasteiger charge is -2.28. The van der Waals surface area contributed by atoms with Crippen molar-refractivity contribution < 1.29 is 15.3 Å². The van der Waals surface area contributed by atoms with E-state index < -0.39 is 0 Å². The average molecular weight is 759 g/mol. The monoisotopic (exact) mass is 758 g/mol. The summed E-state index contributed by atoms with van der Waals surface area (Å²) in [4.78, 5) is 0. The molecule has 1 unspecified atom stereocenters. The largest absolute Gasteiger partial charge is 0.507 e. The number of benzene rings is 7. The first kappa shape index (κ1) is 36.6. The lowest BCUT2D eigenvalue weighted by Crippen LogP contribution is -2.22. The number of hydrogen-bond donors (Lipinski definition) is 3. The number of phenols is 1. The lowest BCUT2D eigenvalue weighted by atomic mass is 9.75. The Bertz CT molecular complexity index is 2830. The SMILES string of the molecule is Cc1ccc2c(c1)C(C)(C)c1cc(-c3ccc4c(c3)C(C)(C)c3cc(-c5ccc6c(c5)C(C)(CCc5cc(CO)c(O)c(CO)c5)c5ccccc5-6)ccc3-4)ccc1-2. The Morgan fingerprint density at radius 2 is 0.828 bits per heavy atom. The van der Waals surface area contributed by atoms with E-state index in [1.54, 1.807) is 0 Å². The van der Waals surface area contributed by atoms with Gasteiger partial charge >= 0.3 is 0 Å². The second-order valence-corrected chi connectivity index (χ2v) is 18.3. The van der Waals surface area contributed by atoms with Gasteiger partial charge < -0.3 is 15.3 Å². The van der Waals surface area contributed by atoms with Crippen LogP contribution < -0.4 is 0 Å². The van der Waals surface area contributed by atoms with E-state index in [-0.39, 0.29) is 35.2 Å². The first-order valence-electron chi connectivity index (χ1n) is 20.7. The highest BCUT2D eigenvalue weighted by Crippen LogP contribution is 2.55. The summed E-state index contributed by atoms with van der Waals surface area (Å²) < 4.78 is 0.